The number of hydrogen-bond acceptors (Lipinski definition) is 5. The fourth-order valence-corrected chi connectivity index (χ4v) is 4.91. The Bertz CT molecular complexity index is 1050. The lowest BCUT2D eigenvalue weighted by Crippen LogP contribution is -2.35. The Morgan fingerprint density at radius 1 is 1.00 bits per heavy atom. The smallest absolute Gasteiger partial charge is 0.313 e. The molecule has 1 aliphatic heterocycles. The highest BCUT2D eigenvalue weighted by Gasteiger charge is 2.25. The third-order valence-corrected chi connectivity index (χ3v) is 7.05. The lowest BCUT2D eigenvalue weighted by Gasteiger charge is -2.25. The molecule has 0 spiro atoms. The summed E-state index contributed by atoms with van der Waals surface area (Å²) in [6, 6.07) is 11.6. The number of piperidine rings is 1. The topological polar surface area (TPSA) is 105 Å². The molecule has 0 unspecified atom stereocenters. The van der Waals surface area contributed by atoms with Crippen LogP contribution in [-0.2, 0) is 26.2 Å². The molecule has 3 rings (SSSR count). The van der Waals surface area contributed by atoms with E-state index in [-0.39, 0.29) is 11.4 Å². The number of nitrogens with zero attached hydrogens (tertiary/aromatic N) is 1. The van der Waals surface area contributed by atoms with Gasteiger partial charge in [-0.25, -0.2) is 8.42 Å². The highest BCUT2D eigenvalue weighted by molar-refractivity contribution is 7.89. The fraction of sp³-hybridized carbons (Fsp3) is 0.364. The minimum absolute atomic E-state index is 0.0985. The molecular weight excluding hydrogens is 418 g/mol. The number of carbonyl (C=O) groups excluding carboxylic acids is 2. The first kappa shape index (κ1) is 22.8. The molecule has 0 saturated carbocycles. The van der Waals surface area contributed by atoms with Gasteiger partial charge < -0.3 is 15.4 Å². The van der Waals surface area contributed by atoms with Crippen LogP contribution in [0, 0.1) is 6.92 Å². The standard InChI is InChI=1S/C22H27N3O5S/c1-16-6-11-20(30-2)19(14-16)24-22(27)21(26)23-15-17-7-9-18(10-8-17)31(28,29)25-12-4-3-5-13-25/h6-11,14H,3-5,12-13,15H2,1-2H3,(H,23,26)(H,24,27). The third-order valence-electron chi connectivity index (χ3n) is 5.14. The lowest BCUT2D eigenvalue weighted by atomic mass is 10.2. The Labute approximate surface area is 182 Å². The van der Waals surface area contributed by atoms with E-state index >= 15 is 0 Å². The summed E-state index contributed by atoms with van der Waals surface area (Å²) in [5.74, 6) is -1.15. The number of amides is 2. The second-order valence-corrected chi connectivity index (χ2v) is 9.39. The van der Waals surface area contributed by atoms with E-state index in [1.165, 1.54) is 23.5 Å². The summed E-state index contributed by atoms with van der Waals surface area (Å²) in [5, 5.41) is 5.08. The van der Waals surface area contributed by atoms with Crippen molar-refractivity contribution in [2.75, 3.05) is 25.5 Å². The fourth-order valence-electron chi connectivity index (χ4n) is 3.39. The summed E-state index contributed by atoms with van der Waals surface area (Å²) in [6.45, 7) is 3.05. The van der Waals surface area contributed by atoms with Crippen molar-refractivity contribution in [3.8, 4) is 5.75 Å². The van der Waals surface area contributed by atoms with Gasteiger partial charge in [-0.2, -0.15) is 4.31 Å². The molecule has 9 heteroatoms. The van der Waals surface area contributed by atoms with Crippen LogP contribution in [0.1, 0.15) is 30.4 Å². The molecule has 1 aliphatic rings. The van der Waals surface area contributed by atoms with Crippen LogP contribution in [0.2, 0.25) is 0 Å². The second-order valence-electron chi connectivity index (χ2n) is 7.45. The number of aryl methyl sites for hydroxylation is 1. The number of sulfonamides is 1. The first-order valence-corrected chi connectivity index (χ1v) is 11.6. The first-order valence-electron chi connectivity index (χ1n) is 10.1. The van der Waals surface area contributed by atoms with Crippen molar-refractivity contribution < 1.29 is 22.7 Å². The summed E-state index contributed by atoms with van der Waals surface area (Å²) < 4.78 is 32.1. The van der Waals surface area contributed by atoms with Crippen molar-refractivity contribution in [3.05, 3.63) is 53.6 Å². The molecule has 1 heterocycles. The van der Waals surface area contributed by atoms with Crippen LogP contribution < -0.4 is 15.4 Å². The number of benzene rings is 2. The first-order chi connectivity index (χ1) is 14.8. The molecule has 8 nitrogen and oxygen atoms in total. The highest BCUT2D eigenvalue weighted by Crippen LogP contribution is 2.25. The van der Waals surface area contributed by atoms with Gasteiger partial charge in [0.2, 0.25) is 10.0 Å². The zero-order valence-electron chi connectivity index (χ0n) is 17.7. The number of methoxy groups -OCH3 is 1. The van der Waals surface area contributed by atoms with E-state index in [1.54, 1.807) is 24.3 Å². The molecule has 2 aromatic carbocycles. The van der Waals surface area contributed by atoms with E-state index in [2.05, 4.69) is 10.6 Å². The molecule has 1 saturated heterocycles. The predicted molar refractivity (Wildman–Crippen MR) is 117 cm³/mol. The molecule has 0 aromatic heterocycles. The van der Waals surface area contributed by atoms with Crippen molar-refractivity contribution in [1.82, 2.24) is 9.62 Å². The van der Waals surface area contributed by atoms with Crippen LogP contribution in [0.25, 0.3) is 0 Å². The monoisotopic (exact) mass is 445 g/mol. The molecule has 2 amide bonds. The van der Waals surface area contributed by atoms with E-state index in [4.69, 9.17) is 4.74 Å². The number of nitrogens with one attached hydrogen (secondary N) is 2. The summed E-state index contributed by atoms with van der Waals surface area (Å²) in [4.78, 5) is 24.6. The summed E-state index contributed by atoms with van der Waals surface area (Å²) in [6.07, 6.45) is 2.80. The van der Waals surface area contributed by atoms with Crippen LogP contribution >= 0.6 is 0 Å². The zero-order valence-corrected chi connectivity index (χ0v) is 18.5. The summed E-state index contributed by atoms with van der Waals surface area (Å²) in [7, 11) is -2.02. The van der Waals surface area contributed by atoms with Gasteiger partial charge in [-0.1, -0.05) is 24.6 Å². The van der Waals surface area contributed by atoms with Crippen LogP contribution in [0.3, 0.4) is 0 Å². The van der Waals surface area contributed by atoms with Crippen LogP contribution in [-0.4, -0.2) is 44.7 Å². The van der Waals surface area contributed by atoms with Crippen molar-refractivity contribution in [2.24, 2.45) is 0 Å². The Kier molecular flexibility index (Phi) is 7.29. The van der Waals surface area contributed by atoms with Crippen molar-refractivity contribution in [3.63, 3.8) is 0 Å². The van der Waals surface area contributed by atoms with E-state index in [0.29, 0.717) is 30.1 Å². The summed E-state index contributed by atoms with van der Waals surface area (Å²) >= 11 is 0. The SMILES string of the molecule is COc1ccc(C)cc1NC(=O)C(=O)NCc1ccc(S(=O)(=O)N2CCCCC2)cc1. The maximum atomic E-state index is 12.7. The van der Waals surface area contributed by atoms with Crippen LogP contribution in [0.5, 0.6) is 5.75 Å². The second kappa shape index (κ2) is 9.93. The molecule has 0 aliphatic carbocycles. The minimum atomic E-state index is -3.50. The molecule has 0 bridgehead atoms. The third kappa shape index (κ3) is 5.62. The largest absolute Gasteiger partial charge is 0.495 e. The zero-order chi connectivity index (χ0) is 22.4. The van der Waals surface area contributed by atoms with Gasteiger partial charge in [0.25, 0.3) is 0 Å². The van der Waals surface area contributed by atoms with Gasteiger partial charge in [0, 0.05) is 19.6 Å². The quantitative estimate of drug-likeness (QED) is 0.665. The van der Waals surface area contributed by atoms with E-state index in [0.717, 1.165) is 24.8 Å². The molecule has 1 fully saturated rings. The van der Waals surface area contributed by atoms with Crippen LogP contribution in [0.4, 0.5) is 5.69 Å². The van der Waals surface area contributed by atoms with Gasteiger partial charge in [0.05, 0.1) is 17.7 Å². The van der Waals surface area contributed by atoms with Gasteiger partial charge in [0.15, 0.2) is 0 Å². The predicted octanol–water partition coefficient (Wildman–Crippen LogP) is 2.43. The van der Waals surface area contributed by atoms with E-state index in [9.17, 15) is 18.0 Å². The summed E-state index contributed by atoms with van der Waals surface area (Å²) in [5.41, 5.74) is 2.01. The van der Waals surface area contributed by atoms with Gasteiger partial charge in [-0.15, -0.1) is 0 Å². The molecule has 2 aromatic rings. The van der Waals surface area contributed by atoms with Gasteiger partial charge in [0.1, 0.15) is 5.75 Å². The molecule has 0 radical (unpaired) electrons. The average Bonchev–Trinajstić information content (AvgIpc) is 2.78. The van der Waals surface area contributed by atoms with E-state index < -0.39 is 21.8 Å². The van der Waals surface area contributed by atoms with E-state index in [1.807, 2.05) is 13.0 Å². The normalized spacial score (nSPS) is 14.6. The minimum Gasteiger partial charge on any atom is -0.495 e. The van der Waals surface area contributed by atoms with Gasteiger partial charge in [-0.05, 0) is 55.2 Å². The Balaban J connectivity index is 1.58. The van der Waals surface area contributed by atoms with Gasteiger partial charge >= 0.3 is 11.8 Å². The average molecular weight is 446 g/mol. The molecule has 0 atom stereocenters. The number of ether oxygens (including phenoxy) is 1. The molecule has 31 heavy (non-hydrogen) atoms. The Morgan fingerprint density at radius 3 is 2.32 bits per heavy atom. The van der Waals surface area contributed by atoms with Crippen LogP contribution in [0.15, 0.2) is 47.4 Å². The number of anilines is 1. The maximum Gasteiger partial charge on any atom is 0.313 e. The van der Waals surface area contributed by atoms with Crippen molar-refractivity contribution in [2.45, 2.75) is 37.6 Å². The Morgan fingerprint density at radius 2 is 1.68 bits per heavy atom. The number of carbonyl (C=O) groups is 2. The van der Waals surface area contributed by atoms with Crippen molar-refractivity contribution in [1.29, 1.82) is 0 Å². The molecule has 2 N–H and O–H groups in total. The maximum absolute atomic E-state index is 12.7. The number of hydrogen-bond donors (Lipinski definition) is 2. The highest BCUT2D eigenvalue weighted by atomic mass is 32.2. The van der Waals surface area contributed by atoms with Crippen molar-refractivity contribution >= 4 is 27.5 Å². The van der Waals surface area contributed by atoms with Gasteiger partial charge in [-0.3, -0.25) is 9.59 Å². The molecule has 166 valence electrons. The number of rotatable bonds is 6. The molecular formula is C22H27N3O5S. The lowest BCUT2D eigenvalue weighted by molar-refractivity contribution is -0.136. The Hall–Kier alpha value is -2.91.